The summed E-state index contributed by atoms with van der Waals surface area (Å²) in [5.74, 6) is 0. The van der Waals surface area contributed by atoms with E-state index in [2.05, 4.69) is 10.3 Å². The molecule has 4 nitrogen and oxygen atoms in total. The number of carbonyl (C=O) groups excluding carboxylic acids is 1. The van der Waals surface area contributed by atoms with Gasteiger partial charge in [0, 0.05) is 25.5 Å². The summed E-state index contributed by atoms with van der Waals surface area (Å²) in [6.07, 6.45) is 3.46. The van der Waals surface area contributed by atoms with Crippen LogP contribution in [-0.2, 0) is 0 Å². The molecular weight excluding hydrogens is 202 g/mol. The maximum atomic E-state index is 11.8. The average molecular weight is 221 g/mol. The van der Waals surface area contributed by atoms with E-state index in [4.69, 9.17) is 0 Å². The Balaban J connectivity index is 2.58. The zero-order valence-corrected chi connectivity index (χ0v) is 10.1. The third-order valence-corrected chi connectivity index (χ3v) is 2.60. The Morgan fingerprint density at radius 1 is 1.38 bits per heavy atom. The van der Waals surface area contributed by atoms with Crippen molar-refractivity contribution in [2.75, 3.05) is 13.1 Å². The molecule has 1 unspecified atom stereocenters. The lowest BCUT2D eigenvalue weighted by Crippen LogP contribution is -2.40. The van der Waals surface area contributed by atoms with Gasteiger partial charge in [0.05, 0.1) is 6.04 Å². The van der Waals surface area contributed by atoms with E-state index in [0.29, 0.717) is 0 Å². The lowest BCUT2D eigenvalue weighted by Gasteiger charge is -2.22. The maximum Gasteiger partial charge on any atom is 0.317 e. The minimum Gasteiger partial charge on any atom is -0.331 e. The zero-order valence-electron chi connectivity index (χ0n) is 10.1. The molecule has 0 aliphatic rings. The first kappa shape index (κ1) is 12.5. The van der Waals surface area contributed by atoms with Gasteiger partial charge in [-0.3, -0.25) is 4.98 Å². The van der Waals surface area contributed by atoms with Crippen LogP contribution in [0.15, 0.2) is 24.5 Å². The molecule has 0 saturated heterocycles. The first-order valence-electron chi connectivity index (χ1n) is 5.64. The van der Waals surface area contributed by atoms with Crippen LogP contribution in [0, 0.1) is 0 Å². The predicted molar refractivity (Wildman–Crippen MR) is 64.1 cm³/mol. The van der Waals surface area contributed by atoms with Crippen LogP contribution >= 0.6 is 0 Å². The number of carbonyl (C=O) groups is 1. The Labute approximate surface area is 96.7 Å². The largest absolute Gasteiger partial charge is 0.331 e. The molecule has 0 radical (unpaired) electrons. The van der Waals surface area contributed by atoms with Crippen LogP contribution in [-0.4, -0.2) is 29.0 Å². The van der Waals surface area contributed by atoms with Crippen molar-refractivity contribution in [3.8, 4) is 0 Å². The number of amides is 2. The van der Waals surface area contributed by atoms with Crippen molar-refractivity contribution in [2.24, 2.45) is 0 Å². The summed E-state index contributed by atoms with van der Waals surface area (Å²) in [7, 11) is 0. The fraction of sp³-hybridized carbons (Fsp3) is 0.500. The van der Waals surface area contributed by atoms with Gasteiger partial charge in [0.25, 0.3) is 0 Å². The molecule has 0 saturated carbocycles. The van der Waals surface area contributed by atoms with Gasteiger partial charge in [0.15, 0.2) is 0 Å². The SMILES string of the molecule is CCN(CC)C(=O)NC(C)c1ccncc1. The molecule has 88 valence electrons. The number of nitrogens with one attached hydrogen (secondary N) is 1. The van der Waals surface area contributed by atoms with Crippen molar-refractivity contribution >= 4 is 6.03 Å². The van der Waals surface area contributed by atoms with Crippen LogP contribution in [0.2, 0.25) is 0 Å². The van der Waals surface area contributed by atoms with E-state index in [0.717, 1.165) is 18.7 Å². The molecule has 0 bridgehead atoms. The molecule has 16 heavy (non-hydrogen) atoms. The van der Waals surface area contributed by atoms with Crippen LogP contribution in [0.5, 0.6) is 0 Å². The molecule has 0 aliphatic heterocycles. The zero-order chi connectivity index (χ0) is 12.0. The number of urea groups is 1. The molecule has 1 rings (SSSR count). The molecule has 0 aliphatic carbocycles. The van der Waals surface area contributed by atoms with Crippen LogP contribution < -0.4 is 5.32 Å². The Morgan fingerprint density at radius 2 is 1.94 bits per heavy atom. The van der Waals surface area contributed by atoms with Gasteiger partial charge >= 0.3 is 6.03 Å². The van der Waals surface area contributed by atoms with Crippen molar-refractivity contribution < 1.29 is 4.79 Å². The van der Waals surface area contributed by atoms with Gasteiger partial charge in [-0.1, -0.05) is 0 Å². The van der Waals surface area contributed by atoms with E-state index in [1.807, 2.05) is 32.9 Å². The van der Waals surface area contributed by atoms with Crippen molar-refractivity contribution in [3.05, 3.63) is 30.1 Å². The van der Waals surface area contributed by atoms with E-state index < -0.39 is 0 Å². The molecule has 1 heterocycles. The fourth-order valence-corrected chi connectivity index (χ4v) is 1.52. The fourth-order valence-electron chi connectivity index (χ4n) is 1.52. The number of aromatic nitrogens is 1. The highest BCUT2D eigenvalue weighted by atomic mass is 16.2. The molecule has 1 atom stereocenters. The second-order valence-electron chi connectivity index (χ2n) is 3.62. The average Bonchev–Trinajstić information content (AvgIpc) is 2.31. The highest BCUT2D eigenvalue weighted by molar-refractivity contribution is 5.74. The molecule has 1 aromatic rings. The van der Waals surface area contributed by atoms with Gasteiger partial charge in [0.2, 0.25) is 0 Å². The molecule has 0 aromatic carbocycles. The Kier molecular flexibility index (Phi) is 4.76. The van der Waals surface area contributed by atoms with E-state index in [1.165, 1.54) is 0 Å². The number of hydrogen-bond acceptors (Lipinski definition) is 2. The smallest absolute Gasteiger partial charge is 0.317 e. The first-order valence-corrected chi connectivity index (χ1v) is 5.64. The monoisotopic (exact) mass is 221 g/mol. The number of rotatable bonds is 4. The van der Waals surface area contributed by atoms with Gasteiger partial charge in [-0.15, -0.1) is 0 Å². The number of nitrogens with zero attached hydrogens (tertiary/aromatic N) is 2. The van der Waals surface area contributed by atoms with E-state index >= 15 is 0 Å². The highest BCUT2D eigenvalue weighted by Crippen LogP contribution is 2.10. The van der Waals surface area contributed by atoms with E-state index in [-0.39, 0.29) is 12.1 Å². The molecular formula is C12H19N3O. The van der Waals surface area contributed by atoms with Crippen molar-refractivity contribution in [1.29, 1.82) is 0 Å². The summed E-state index contributed by atoms with van der Waals surface area (Å²) in [5, 5.41) is 2.96. The summed E-state index contributed by atoms with van der Waals surface area (Å²) < 4.78 is 0. The van der Waals surface area contributed by atoms with Gasteiger partial charge < -0.3 is 10.2 Å². The second kappa shape index (κ2) is 6.10. The quantitative estimate of drug-likeness (QED) is 0.847. The summed E-state index contributed by atoms with van der Waals surface area (Å²) in [5.41, 5.74) is 1.07. The number of pyridine rings is 1. The third-order valence-electron chi connectivity index (χ3n) is 2.60. The minimum absolute atomic E-state index is 0.0103. The topological polar surface area (TPSA) is 45.2 Å². The molecule has 0 fully saturated rings. The summed E-state index contributed by atoms with van der Waals surface area (Å²) in [4.78, 5) is 17.5. The van der Waals surface area contributed by atoms with Gasteiger partial charge in [-0.2, -0.15) is 0 Å². The van der Waals surface area contributed by atoms with E-state index in [9.17, 15) is 4.79 Å². The lowest BCUT2D eigenvalue weighted by atomic mass is 10.1. The van der Waals surface area contributed by atoms with Gasteiger partial charge in [-0.25, -0.2) is 4.79 Å². The maximum absolute atomic E-state index is 11.8. The molecule has 2 amide bonds. The normalized spacial score (nSPS) is 11.9. The van der Waals surface area contributed by atoms with Crippen molar-refractivity contribution in [1.82, 2.24) is 15.2 Å². The van der Waals surface area contributed by atoms with Gasteiger partial charge in [-0.05, 0) is 38.5 Å². The first-order chi connectivity index (χ1) is 7.69. The lowest BCUT2D eigenvalue weighted by molar-refractivity contribution is 0.200. The van der Waals surface area contributed by atoms with Crippen molar-refractivity contribution in [2.45, 2.75) is 26.8 Å². The van der Waals surface area contributed by atoms with E-state index in [1.54, 1.807) is 17.3 Å². The summed E-state index contributed by atoms with van der Waals surface area (Å²) >= 11 is 0. The molecule has 1 N–H and O–H groups in total. The van der Waals surface area contributed by atoms with Crippen LogP contribution in [0.1, 0.15) is 32.4 Å². The minimum atomic E-state index is -0.0192. The predicted octanol–water partition coefficient (Wildman–Crippen LogP) is 2.19. The standard InChI is InChI=1S/C12H19N3O/c1-4-15(5-2)12(16)14-10(3)11-6-8-13-9-7-11/h6-10H,4-5H2,1-3H3,(H,14,16). The Bertz CT molecular complexity index is 322. The van der Waals surface area contributed by atoms with Gasteiger partial charge in [0.1, 0.15) is 0 Å². The molecule has 1 aromatic heterocycles. The van der Waals surface area contributed by atoms with Crippen LogP contribution in [0.4, 0.5) is 4.79 Å². The summed E-state index contributed by atoms with van der Waals surface area (Å²) in [6.45, 7) is 7.37. The Hall–Kier alpha value is -1.58. The second-order valence-corrected chi connectivity index (χ2v) is 3.62. The third kappa shape index (κ3) is 3.22. The highest BCUT2D eigenvalue weighted by Gasteiger charge is 2.13. The molecule has 0 spiro atoms. The number of hydrogen-bond donors (Lipinski definition) is 1. The van der Waals surface area contributed by atoms with Crippen molar-refractivity contribution in [3.63, 3.8) is 0 Å². The molecule has 4 heteroatoms. The van der Waals surface area contributed by atoms with Crippen LogP contribution in [0.3, 0.4) is 0 Å². The summed E-state index contributed by atoms with van der Waals surface area (Å²) in [6, 6.07) is 3.81. The van der Waals surface area contributed by atoms with Crippen LogP contribution in [0.25, 0.3) is 0 Å². The Morgan fingerprint density at radius 3 is 2.44 bits per heavy atom.